The number of sulfone groups is 1. The number of unbranched alkanes of at least 4 members (excludes halogenated alkanes) is 4. The average Bonchev–Trinajstić information content (AvgIpc) is 3.29. The first-order valence-electron chi connectivity index (χ1n) is 10.4. The van der Waals surface area contributed by atoms with Crippen molar-refractivity contribution < 1.29 is 27.6 Å². The second-order valence-corrected chi connectivity index (χ2v) is 9.52. The van der Waals surface area contributed by atoms with E-state index in [9.17, 15) is 13.2 Å². The number of hydrogen-bond acceptors (Lipinski definition) is 7. The van der Waals surface area contributed by atoms with E-state index in [0.29, 0.717) is 23.4 Å². The minimum Gasteiger partial charge on any atom is -0.478 e. The number of rotatable bonds is 12. The van der Waals surface area contributed by atoms with Gasteiger partial charge in [0.25, 0.3) is 5.89 Å². The molecule has 0 fully saturated rings. The summed E-state index contributed by atoms with van der Waals surface area (Å²) in [5.74, 6) is -0.322. The third-order valence-corrected chi connectivity index (χ3v) is 6.85. The smallest absolute Gasteiger partial charge is 0.335 e. The van der Waals surface area contributed by atoms with E-state index in [1.807, 2.05) is 0 Å². The Morgan fingerprint density at radius 3 is 2.22 bits per heavy atom. The molecule has 32 heavy (non-hydrogen) atoms. The number of carboxylic acid groups (broad SMARTS) is 1. The minimum atomic E-state index is -3.34. The van der Waals surface area contributed by atoms with Crippen LogP contribution in [0.5, 0.6) is 0 Å². The van der Waals surface area contributed by atoms with Crippen molar-refractivity contribution in [2.75, 3.05) is 19.5 Å². The molecule has 0 amide bonds. The van der Waals surface area contributed by atoms with Crippen molar-refractivity contribution >= 4 is 15.8 Å². The quantitative estimate of drug-likeness (QED) is 0.395. The summed E-state index contributed by atoms with van der Waals surface area (Å²) in [7, 11) is -1.67. The van der Waals surface area contributed by atoms with Gasteiger partial charge in [-0.2, -0.15) is 4.98 Å². The van der Waals surface area contributed by atoms with E-state index in [-0.39, 0.29) is 22.1 Å². The zero-order chi connectivity index (χ0) is 23.0. The number of ether oxygens (including phenoxy) is 1. The molecule has 0 bridgehead atoms. The fourth-order valence-electron chi connectivity index (χ4n) is 3.21. The fourth-order valence-corrected chi connectivity index (χ4v) is 4.58. The summed E-state index contributed by atoms with van der Waals surface area (Å²) in [6.45, 7) is 0.739. The second kappa shape index (κ2) is 11.0. The molecule has 0 aliphatic carbocycles. The summed E-state index contributed by atoms with van der Waals surface area (Å²) in [6.07, 6.45) is 4.54. The van der Waals surface area contributed by atoms with Gasteiger partial charge in [-0.25, -0.2) is 13.2 Å². The van der Waals surface area contributed by atoms with Gasteiger partial charge < -0.3 is 14.4 Å². The highest BCUT2D eigenvalue weighted by Gasteiger charge is 2.16. The molecule has 0 unspecified atom stereocenters. The molecule has 9 heteroatoms. The Hall–Kier alpha value is -3.04. The number of nitrogens with zero attached hydrogens (tertiary/aromatic N) is 2. The van der Waals surface area contributed by atoms with Crippen LogP contribution in [0.15, 0.2) is 57.9 Å². The average molecular weight is 459 g/mol. The summed E-state index contributed by atoms with van der Waals surface area (Å²) in [4.78, 5) is 15.6. The first-order valence-corrected chi connectivity index (χ1v) is 12.1. The molecule has 1 aromatic heterocycles. The van der Waals surface area contributed by atoms with Crippen LogP contribution in [0.2, 0.25) is 0 Å². The number of carbonyl (C=O) groups is 1. The Morgan fingerprint density at radius 2 is 1.56 bits per heavy atom. The van der Waals surface area contributed by atoms with Gasteiger partial charge in [0.2, 0.25) is 5.82 Å². The molecule has 0 aliphatic rings. The Bertz CT molecular complexity index is 1120. The predicted octanol–water partition coefficient (Wildman–Crippen LogP) is 4.47. The van der Waals surface area contributed by atoms with E-state index in [0.717, 1.165) is 32.3 Å². The van der Waals surface area contributed by atoms with Crippen LogP contribution < -0.4 is 0 Å². The molecule has 0 aliphatic heterocycles. The molecule has 3 aromatic rings. The second-order valence-electron chi connectivity index (χ2n) is 7.41. The standard InChI is InChI=1S/C23H26N2O6S/c1-30-15-5-3-2-4-6-16-32(28,29)20-13-11-18(12-14-20)22-24-21(25-31-22)17-7-9-19(10-8-17)23(26)27/h7-14H,2-6,15-16H2,1H3,(H,26,27). The number of carboxylic acids is 1. The molecule has 8 nitrogen and oxygen atoms in total. The van der Waals surface area contributed by atoms with Crippen molar-refractivity contribution in [1.29, 1.82) is 0 Å². The molecule has 0 radical (unpaired) electrons. The van der Waals surface area contributed by atoms with Gasteiger partial charge in [-0.1, -0.05) is 36.6 Å². The molecule has 0 saturated heterocycles. The summed E-state index contributed by atoms with van der Waals surface area (Å²) in [5.41, 5.74) is 1.38. The van der Waals surface area contributed by atoms with Gasteiger partial charge in [0.1, 0.15) is 0 Å². The molecule has 0 atom stereocenters. The van der Waals surface area contributed by atoms with Gasteiger partial charge in [-0.05, 0) is 49.2 Å². The molecular weight excluding hydrogens is 432 g/mol. The first-order chi connectivity index (χ1) is 15.4. The highest BCUT2D eigenvalue weighted by Crippen LogP contribution is 2.24. The molecule has 0 spiro atoms. The van der Waals surface area contributed by atoms with E-state index in [2.05, 4.69) is 10.1 Å². The van der Waals surface area contributed by atoms with Crippen molar-refractivity contribution in [3.05, 3.63) is 54.1 Å². The lowest BCUT2D eigenvalue weighted by Gasteiger charge is -2.05. The van der Waals surface area contributed by atoms with E-state index in [1.54, 1.807) is 43.5 Å². The maximum atomic E-state index is 12.6. The molecule has 2 aromatic carbocycles. The number of hydrogen-bond donors (Lipinski definition) is 1. The third-order valence-electron chi connectivity index (χ3n) is 5.04. The summed E-state index contributed by atoms with van der Waals surface area (Å²) in [6, 6.07) is 12.5. The lowest BCUT2D eigenvalue weighted by atomic mass is 10.1. The Morgan fingerprint density at radius 1 is 0.938 bits per heavy atom. The molecule has 170 valence electrons. The predicted molar refractivity (Wildman–Crippen MR) is 119 cm³/mol. The highest BCUT2D eigenvalue weighted by atomic mass is 32.2. The van der Waals surface area contributed by atoms with E-state index < -0.39 is 15.8 Å². The number of benzene rings is 2. The summed E-state index contributed by atoms with van der Waals surface area (Å²) < 4.78 is 35.4. The maximum absolute atomic E-state index is 12.6. The molecule has 0 saturated carbocycles. The van der Waals surface area contributed by atoms with Crippen LogP contribution >= 0.6 is 0 Å². The van der Waals surface area contributed by atoms with Gasteiger partial charge in [-0.3, -0.25) is 0 Å². The Kier molecular flexibility index (Phi) is 8.13. The van der Waals surface area contributed by atoms with Crippen LogP contribution in [-0.4, -0.2) is 49.1 Å². The molecule has 3 rings (SSSR count). The topological polar surface area (TPSA) is 120 Å². The number of aromatic carboxylic acids is 1. The van der Waals surface area contributed by atoms with Gasteiger partial charge in [-0.15, -0.1) is 0 Å². The van der Waals surface area contributed by atoms with Crippen LogP contribution in [0.4, 0.5) is 0 Å². The SMILES string of the molecule is COCCCCCCCS(=O)(=O)c1ccc(-c2nc(-c3ccc(C(=O)O)cc3)no2)cc1. The van der Waals surface area contributed by atoms with Crippen LogP contribution in [0.1, 0.15) is 42.5 Å². The lowest BCUT2D eigenvalue weighted by Crippen LogP contribution is -2.06. The van der Waals surface area contributed by atoms with Crippen LogP contribution in [0.3, 0.4) is 0 Å². The molecular formula is C23H26N2O6S. The zero-order valence-electron chi connectivity index (χ0n) is 17.9. The molecule has 1 heterocycles. The summed E-state index contributed by atoms with van der Waals surface area (Å²) >= 11 is 0. The van der Waals surface area contributed by atoms with Crippen molar-refractivity contribution in [2.45, 2.75) is 37.0 Å². The Balaban J connectivity index is 1.60. The normalized spacial score (nSPS) is 11.5. The van der Waals surface area contributed by atoms with Crippen LogP contribution in [-0.2, 0) is 14.6 Å². The molecule has 1 N–H and O–H groups in total. The van der Waals surface area contributed by atoms with E-state index in [4.69, 9.17) is 14.4 Å². The van der Waals surface area contributed by atoms with Gasteiger partial charge in [0.15, 0.2) is 9.84 Å². The van der Waals surface area contributed by atoms with Crippen LogP contribution in [0.25, 0.3) is 22.8 Å². The maximum Gasteiger partial charge on any atom is 0.335 e. The third kappa shape index (κ3) is 6.24. The minimum absolute atomic E-state index is 0.119. The van der Waals surface area contributed by atoms with E-state index in [1.165, 1.54) is 12.1 Å². The largest absolute Gasteiger partial charge is 0.478 e. The monoisotopic (exact) mass is 458 g/mol. The first kappa shape index (κ1) is 23.6. The van der Waals surface area contributed by atoms with Crippen molar-refractivity contribution in [1.82, 2.24) is 10.1 Å². The fraction of sp³-hybridized carbons (Fsp3) is 0.348. The van der Waals surface area contributed by atoms with Crippen molar-refractivity contribution in [3.8, 4) is 22.8 Å². The van der Waals surface area contributed by atoms with Crippen molar-refractivity contribution in [3.63, 3.8) is 0 Å². The highest BCUT2D eigenvalue weighted by molar-refractivity contribution is 7.91. The zero-order valence-corrected chi connectivity index (χ0v) is 18.7. The number of aromatic nitrogens is 2. The summed E-state index contributed by atoms with van der Waals surface area (Å²) in [5, 5.41) is 12.9. The van der Waals surface area contributed by atoms with Crippen molar-refractivity contribution in [2.24, 2.45) is 0 Å². The van der Waals surface area contributed by atoms with Gasteiger partial charge >= 0.3 is 5.97 Å². The lowest BCUT2D eigenvalue weighted by molar-refractivity contribution is 0.0697. The van der Waals surface area contributed by atoms with Crippen LogP contribution in [0, 0.1) is 0 Å². The Labute approximate surface area is 187 Å². The van der Waals surface area contributed by atoms with E-state index >= 15 is 0 Å². The number of methoxy groups -OCH3 is 1. The van der Waals surface area contributed by atoms with Gasteiger partial charge in [0.05, 0.1) is 16.2 Å². The van der Waals surface area contributed by atoms with Gasteiger partial charge in [0, 0.05) is 24.8 Å².